The van der Waals surface area contributed by atoms with Crippen LogP contribution in [-0.4, -0.2) is 43.4 Å². The predicted octanol–water partition coefficient (Wildman–Crippen LogP) is 1.61. The summed E-state index contributed by atoms with van der Waals surface area (Å²) in [7, 11) is 0.0358. The number of hydrogen-bond acceptors (Lipinski definition) is 6. The second kappa shape index (κ2) is 8.10. The fourth-order valence-corrected chi connectivity index (χ4v) is 5.25. The van der Waals surface area contributed by atoms with Crippen molar-refractivity contribution in [3.05, 3.63) is 51.6 Å². The van der Waals surface area contributed by atoms with Crippen molar-refractivity contribution in [2.45, 2.75) is 25.3 Å². The minimum atomic E-state index is -3.22. The molecule has 1 amide bonds. The van der Waals surface area contributed by atoms with Crippen molar-refractivity contribution in [3.8, 4) is 11.1 Å². The van der Waals surface area contributed by atoms with E-state index in [0.717, 1.165) is 16.8 Å². The summed E-state index contributed by atoms with van der Waals surface area (Å²) < 4.78 is 32.0. The average Bonchev–Trinajstić information content (AvgIpc) is 2.95. The van der Waals surface area contributed by atoms with Gasteiger partial charge in [-0.1, -0.05) is 6.07 Å². The molecule has 0 saturated carbocycles. The Labute approximate surface area is 185 Å². The van der Waals surface area contributed by atoms with E-state index in [0.29, 0.717) is 53.8 Å². The quantitative estimate of drug-likeness (QED) is 0.518. The van der Waals surface area contributed by atoms with Crippen LogP contribution < -0.4 is 16.6 Å². The zero-order chi connectivity index (χ0) is 23.2. The van der Waals surface area contributed by atoms with Gasteiger partial charge in [-0.3, -0.25) is 9.59 Å². The number of anilines is 1. The van der Waals surface area contributed by atoms with E-state index in [1.54, 1.807) is 31.0 Å². The number of primary amides is 1. The van der Waals surface area contributed by atoms with Crippen molar-refractivity contribution in [2.75, 3.05) is 25.3 Å². The van der Waals surface area contributed by atoms with Gasteiger partial charge in [0.15, 0.2) is 9.84 Å². The Morgan fingerprint density at radius 2 is 2.03 bits per heavy atom. The van der Waals surface area contributed by atoms with Crippen LogP contribution in [0.15, 0.2) is 29.2 Å². The molecule has 9 nitrogen and oxygen atoms in total. The number of carbonyl (C=O) groups is 1. The molecule has 3 heterocycles. The minimum Gasteiger partial charge on any atom is -0.385 e. The average molecular weight is 459 g/mol. The van der Waals surface area contributed by atoms with Crippen molar-refractivity contribution in [1.29, 1.82) is 0 Å². The zero-order valence-corrected chi connectivity index (χ0v) is 19.1. The number of aromatic nitrogens is 2. The first kappa shape index (κ1) is 22.1. The number of nitrogens with zero attached hydrogens (tertiary/aromatic N) is 2. The number of carbonyl (C=O) groups excluding carboxylic acids is 1. The Balaban J connectivity index is 2.05. The van der Waals surface area contributed by atoms with E-state index in [2.05, 4.69) is 5.32 Å². The maximum Gasteiger partial charge on any atom is 0.274 e. The molecule has 2 aromatic heterocycles. The first-order valence-electron chi connectivity index (χ1n) is 10.2. The molecule has 0 unspecified atom stereocenters. The number of ether oxygens (including phenoxy) is 1. The molecule has 0 aliphatic carbocycles. The molecule has 3 N–H and O–H groups in total. The predicted molar refractivity (Wildman–Crippen MR) is 124 cm³/mol. The molecule has 0 saturated heterocycles. The van der Waals surface area contributed by atoms with Crippen LogP contribution in [0, 0.1) is 0 Å². The number of hydrogen-bond donors (Lipinski definition) is 2. The van der Waals surface area contributed by atoms with Gasteiger partial charge in [-0.2, -0.15) is 0 Å². The van der Waals surface area contributed by atoms with E-state index in [-0.39, 0.29) is 11.3 Å². The van der Waals surface area contributed by atoms with Crippen LogP contribution in [0.3, 0.4) is 0 Å². The van der Waals surface area contributed by atoms with Gasteiger partial charge >= 0.3 is 0 Å². The lowest BCUT2D eigenvalue weighted by atomic mass is 9.99. The van der Waals surface area contributed by atoms with Gasteiger partial charge in [-0.05, 0) is 24.1 Å². The van der Waals surface area contributed by atoms with Crippen LogP contribution in [0.4, 0.5) is 5.69 Å². The molecule has 1 aliphatic rings. The van der Waals surface area contributed by atoms with Crippen LogP contribution in [0.1, 0.15) is 28.0 Å². The number of amides is 1. The number of pyridine rings is 1. The number of nitrogens with one attached hydrogen (secondary N) is 1. The fourth-order valence-electron chi connectivity index (χ4n) is 4.46. The van der Waals surface area contributed by atoms with Crippen molar-refractivity contribution in [3.63, 3.8) is 0 Å². The highest BCUT2D eigenvalue weighted by molar-refractivity contribution is 7.89. The highest BCUT2D eigenvalue weighted by Gasteiger charge is 2.29. The van der Waals surface area contributed by atoms with Crippen molar-refractivity contribution < 1.29 is 17.9 Å². The molecular formula is C22H26N4O5S. The molecule has 1 aliphatic heterocycles. The molecule has 0 atom stereocenters. The van der Waals surface area contributed by atoms with E-state index in [1.807, 2.05) is 12.1 Å². The Morgan fingerprint density at radius 3 is 2.69 bits per heavy atom. The second-order valence-electron chi connectivity index (χ2n) is 8.18. The summed E-state index contributed by atoms with van der Waals surface area (Å²) in [5.41, 5.74) is 9.89. The number of benzene rings is 1. The minimum absolute atomic E-state index is 0.0907. The van der Waals surface area contributed by atoms with E-state index in [1.165, 1.54) is 10.8 Å². The highest BCUT2D eigenvalue weighted by Crippen LogP contribution is 2.40. The Kier molecular flexibility index (Phi) is 5.59. The van der Waals surface area contributed by atoms with Crippen LogP contribution in [0.2, 0.25) is 0 Å². The Hall–Kier alpha value is -3.11. The zero-order valence-electron chi connectivity index (χ0n) is 18.3. The summed E-state index contributed by atoms with van der Waals surface area (Å²) >= 11 is 0. The van der Waals surface area contributed by atoms with Crippen LogP contribution in [0.25, 0.3) is 22.0 Å². The van der Waals surface area contributed by atoms with Gasteiger partial charge in [-0.25, -0.2) is 8.42 Å². The first-order valence-corrected chi connectivity index (χ1v) is 12.3. The lowest BCUT2D eigenvalue weighted by Crippen LogP contribution is -2.23. The van der Waals surface area contributed by atoms with Gasteiger partial charge < -0.3 is 24.9 Å². The molecular weight excluding hydrogens is 432 g/mol. The number of fused-ring (bicyclic) bond motifs is 2. The largest absolute Gasteiger partial charge is 0.385 e. The molecule has 170 valence electrons. The third kappa shape index (κ3) is 3.80. The molecule has 0 bridgehead atoms. The molecule has 0 spiro atoms. The second-order valence-corrected chi connectivity index (χ2v) is 10.3. The molecule has 3 aromatic rings. The fraction of sp³-hybridized carbons (Fsp3) is 0.364. The highest BCUT2D eigenvalue weighted by atomic mass is 32.2. The van der Waals surface area contributed by atoms with Gasteiger partial charge in [0, 0.05) is 74.1 Å². The topological polar surface area (TPSA) is 125 Å². The van der Waals surface area contributed by atoms with E-state index >= 15 is 0 Å². The van der Waals surface area contributed by atoms with Gasteiger partial charge in [-0.15, -0.1) is 0 Å². The molecule has 32 heavy (non-hydrogen) atoms. The number of rotatable bonds is 7. The maximum atomic E-state index is 13.2. The van der Waals surface area contributed by atoms with Crippen LogP contribution >= 0.6 is 0 Å². The summed E-state index contributed by atoms with van der Waals surface area (Å²) in [6.07, 6.45) is 3.53. The molecule has 1 aromatic carbocycles. The summed E-state index contributed by atoms with van der Waals surface area (Å²) in [5.74, 6) is -0.695. The number of nitrogens with two attached hydrogens (primary N) is 1. The molecule has 0 fully saturated rings. The van der Waals surface area contributed by atoms with Crippen LogP contribution in [-0.2, 0) is 40.5 Å². The summed E-state index contributed by atoms with van der Waals surface area (Å²) in [6.45, 7) is 1.19. The number of aryl methyl sites for hydroxylation is 2. The SMILES string of the molecule is COCCCn1c(C(N)=O)c2c3c(cn(C)c(=O)c31)-c1cc(CS(C)(=O)=O)ccc1NC2. The third-order valence-electron chi connectivity index (χ3n) is 5.70. The molecule has 4 rings (SSSR count). The summed E-state index contributed by atoms with van der Waals surface area (Å²) in [5, 5.41) is 4.00. The Bertz CT molecular complexity index is 1400. The number of sulfone groups is 1. The lowest BCUT2D eigenvalue weighted by Gasteiger charge is -2.15. The maximum absolute atomic E-state index is 13.2. The van der Waals surface area contributed by atoms with E-state index in [9.17, 15) is 18.0 Å². The normalized spacial score (nSPS) is 13.0. The van der Waals surface area contributed by atoms with Crippen molar-refractivity contribution in [1.82, 2.24) is 9.13 Å². The van der Waals surface area contributed by atoms with E-state index < -0.39 is 15.7 Å². The molecule has 0 radical (unpaired) electrons. The third-order valence-corrected chi connectivity index (χ3v) is 6.56. The van der Waals surface area contributed by atoms with E-state index in [4.69, 9.17) is 10.5 Å². The van der Waals surface area contributed by atoms with Crippen molar-refractivity contribution >= 4 is 32.3 Å². The summed E-state index contributed by atoms with van der Waals surface area (Å²) in [4.78, 5) is 25.7. The van der Waals surface area contributed by atoms with Crippen molar-refractivity contribution in [2.24, 2.45) is 12.8 Å². The smallest absolute Gasteiger partial charge is 0.274 e. The lowest BCUT2D eigenvalue weighted by molar-refractivity contribution is 0.0990. The van der Waals surface area contributed by atoms with Gasteiger partial charge in [0.1, 0.15) is 11.2 Å². The van der Waals surface area contributed by atoms with Crippen LogP contribution in [0.5, 0.6) is 0 Å². The molecule has 10 heteroatoms. The van der Waals surface area contributed by atoms with Gasteiger partial charge in [0.25, 0.3) is 11.5 Å². The summed E-state index contributed by atoms with van der Waals surface area (Å²) in [6, 6.07) is 5.42. The number of methoxy groups -OCH3 is 1. The monoisotopic (exact) mass is 458 g/mol. The first-order chi connectivity index (χ1) is 15.1. The van der Waals surface area contributed by atoms with Gasteiger partial charge in [0.2, 0.25) is 0 Å². The van der Waals surface area contributed by atoms with Gasteiger partial charge in [0.05, 0.1) is 5.75 Å². The standard InChI is InChI=1S/C22H26N4O5S/c1-25-11-16-14-9-13(12-32(3,29)30)5-6-17(14)24-10-15-18(16)20(22(25)28)26(7-4-8-31-2)19(15)21(23)27/h5-6,9,11,24H,4,7-8,10,12H2,1-3H3,(H2,23,27). The Morgan fingerprint density at radius 1 is 1.28 bits per heavy atom.